The summed E-state index contributed by atoms with van der Waals surface area (Å²) in [5.74, 6) is 1.01. The van der Waals surface area contributed by atoms with E-state index in [1.54, 1.807) is 0 Å². The lowest BCUT2D eigenvalue weighted by molar-refractivity contribution is 0.186. The number of benzene rings is 1. The summed E-state index contributed by atoms with van der Waals surface area (Å²) >= 11 is 5.96. The quantitative estimate of drug-likeness (QED) is 0.736. The number of piperidine rings is 1. The van der Waals surface area contributed by atoms with Crippen LogP contribution in [0.25, 0.3) is 0 Å². The highest BCUT2D eigenvalue weighted by Crippen LogP contribution is 2.19. The van der Waals surface area contributed by atoms with Crippen LogP contribution in [0.2, 0.25) is 5.02 Å². The SMILES string of the molecule is O=C(NCc1ccnc(N2CCCC2)c1)NC1CCN(Cc2ccc(Cl)cc2)CC1. The Morgan fingerprint density at radius 2 is 1.77 bits per heavy atom. The van der Waals surface area contributed by atoms with Crippen LogP contribution in [-0.2, 0) is 13.1 Å². The van der Waals surface area contributed by atoms with E-state index in [-0.39, 0.29) is 12.1 Å². The molecule has 160 valence electrons. The second-order valence-corrected chi connectivity index (χ2v) is 8.66. The van der Waals surface area contributed by atoms with Gasteiger partial charge in [0.25, 0.3) is 0 Å². The first-order valence-corrected chi connectivity index (χ1v) is 11.2. The molecular weight excluding hydrogens is 398 g/mol. The van der Waals surface area contributed by atoms with Crippen LogP contribution < -0.4 is 15.5 Å². The van der Waals surface area contributed by atoms with Crippen LogP contribution in [0.4, 0.5) is 10.6 Å². The van der Waals surface area contributed by atoms with Crippen molar-refractivity contribution in [3.63, 3.8) is 0 Å². The first-order valence-electron chi connectivity index (χ1n) is 10.9. The van der Waals surface area contributed by atoms with Gasteiger partial charge < -0.3 is 15.5 Å². The lowest BCUT2D eigenvalue weighted by atomic mass is 10.0. The van der Waals surface area contributed by atoms with Crippen molar-refractivity contribution >= 4 is 23.4 Å². The second kappa shape index (κ2) is 10.1. The van der Waals surface area contributed by atoms with Crippen molar-refractivity contribution < 1.29 is 4.79 Å². The number of aromatic nitrogens is 1. The molecule has 0 aliphatic carbocycles. The highest BCUT2D eigenvalue weighted by atomic mass is 35.5. The smallest absolute Gasteiger partial charge is 0.315 e. The largest absolute Gasteiger partial charge is 0.357 e. The Morgan fingerprint density at radius 3 is 2.50 bits per heavy atom. The predicted octanol–water partition coefficient (Wildman–Crippen LogP) is 3.80. The average Bonchev–Trinajstić information content (AvgIpc) is 3.31. The van der Waals surface area contributed by atoms with Gasteiger partial charge in [-0.25, -0.2) is 9.78 Å². The van der Waals surface area contributed by atoms with Crippen LogP contribution in [0.3, 0.4) is 0 Å². The number of halogens is 1. The Morgan fingerprint density at radius 1 is 1.03 bits per heavy atom. The Bertz CT molecular complexity index is 830. The third-order valence-corrected chi connectivity index (χ3v) is 6.19. The summed E-state index contributed by atoms with van der Waals surface area (Å²) in [5, 5.41) is 6.90. The molecule has 3 heterocycles. The van der Waals surface area contributed by atoms with E-state index in [0.717, 1.165) is 62.0 Å². The molecule has 1 aromatic carbocycles. The molecule has 2 aliphatic heterocycles. The van der Waals surface area contributed by atoms with Crippen molar-refractivity contribution in [2.45, 2.75) is 44.8 Å². The third kappa shape index (κ3) is 5.86. The lowest BCUT2D eigenvalue weighted by Gasteiger charge is -2.32. The zero-order valence-corrected chi connectivity index (χ0v) is 18.1. The number of anilines is 1. The molecule has 4 rings (SSSR count). The third-order valence-electron chi connectivity index (χ3n) is 5.94. The molecule has 0 atom stereocenters. The van der Waals surface area contributed by atoms with Gasteiger partial charge in [0, 0.05) is 56.5 Å². The molecule has 2 fully saturated rings. The summed E-state index contributed by atoms with van der Waals surface area (Å²) in [7, 11) is 0. The van der Waals surface area contributed by atoms with Gasteiger partial charge in [-0.15, -0.1) is 0 Å². The van der Waals surface area contributed by atoms with E-state index in [2.05, 4.69) is 43.6 Å². The normalized spacial score (nSPS) is 17.8. The Labute approximate surface area is 183 Å². The molecule has 2 saturated heterocycles. The molecular formula is C23H30ClN5O. The number of rotatable bonds is 6. The molecule has 6 nitrogen and oxygen atoms in total. The fraction of sp³-hybridized carbons (Fsp3) is 0.478. The summed E-state index contributed by atoms with van der Waals surface area (Å²) in [6, 6.07) is 12.2. The highest BCUT2D eigenvalue weighted by molar-refractivity contribution is 6.30. The van der Waals surface area contributed by atoms with E-state index in [4.69, 9.17) is 11.6 Å². The van der Waals surface area contributed by atoms with E-state index in [1.807, 2.05) is 24.4 Å². The zero-order chi connectivity index (χ0) is 20.8. The van der Waals surface area contributed by atoms with Gasteiger partial charge in [0.1, 0.15) is 5.82 Å². The van der Waals surface area contributed by atoms with Gasteiger partial charge in [-0.1, -0.05) is 23.7 Å². The van der Waals surface area contributed by atoms with Crippen molar-refractivity contribution in [2.24, 2.45) is 0 Å². The number of urea groups is 1. The molecule has 0 unspecified atom stereocenters. The van der Waals surface area contributed by atoms with E-state index < -0.39 is 0 Å². The van der Waals surface area contributed by atoms with Crippen LogP contribution in [0.5, 0.6) is 0 Å². The maximum Gasteiger partial charge on any atom is 0.315 e. The van der Waals surface area contributed by atoms with E-state index in [0.29, 0.717) is 6.54 Å². The average molecular weight is 428 g/mol. The number of amides is 2. The highest BCUT2D eigenvalue weighted by Gasteiger charge is 2.21. The number of hydrogen-bond acceptors (Lipinski definition) is 4. The van der Waals surface area contributed by atoms with Crippen LogP contribution in [0.15, 0.2) is 42.6 Å². The number of carbonyl (C=O) groups excluding carboxylic acids is 1. The molecule has 2 aromatic rings. The summed E-state index contributed by atoms with van der Waals surface area (Å²) in [6.07, 6.45) is 6.22. The van der Waals surface area contributed by atoms with E-state index >= 15 is 0 Å². The summed E-state index contributed by atoms with van der Waals surface area (Å²) < 4.78 is 0. The summed E-state index contributed by atoms with van der Waals surface area (Å²) in [6.45, 7) is 5.55. The van der Waals surface area contributed by atoms with Crippen molar-refractivity contribution in [3.8, 4) is 0 Å². The summed E-state index contributed by atoms with van der Waals surface area (Å²) in [4.78, 5) is 21.6. The van der Waals surface area contributed by atoms with Crippen LogP contribution in [-0.4, -0.2) is 48.1 Å². The first-order chi connectivity index (χ1) is 14.7. The minimum atomic E-state index is -0.0920. The van der Waals surface area contributed by atoms with Crippen molar-refractivity contribution in [1.82, 2.24) is 20.5 Å². The van der Waals surface area contributed by atoms with Gasteiger partial charge in [-0.2, -0.15) is 0 Å². The molecule has 7 heteroatoms. The molecule has 1 aromatic heterocycles. The standard InChI is InChI=1S/C23H30ClN5O/c24-20-5-3-18(4-6-20)17-28-13-8-21(9-14-28)27-23(30)26-16-19-7-10-25-22(15-19)29-11-1-2-12-29/h3-7,10,15,21H,1-2,8-9,11-14,16-17H2,(H2,26,27,30). The van der Waals surface area contributed by atoms with Crippen LogP contribution >= 0.6 is 11.6 Å². The zero-order valence-electron chi connectivity index (χ0n) is 17.3. The van der Waals surface area contributed by atoms with Gasteiger partial charge in [0.15, 0.2) is 0 Å². The van der Waals surface area contributed by atoms with E-state index in [1.165, 1.54) is 18.4 Å². The number of nitrogens with one attached hydrogen (secondary N) is 2. The molecule has 2 N–H and O–H groups in total. The first kappa shape index (κ1) is 20.9. The van der Waals surface area contributed by atoms with Crippen molar-refractivity contribution in [3.05, 3.63) is 58.7 Å². The van der Waals surface area contributed by atoms with Gasteiger partial charge in [-0.05, 0) is 61.1 Å². The Balaban J connectivity index is 1.18. The molecule has 2 aliphatic rings. The lowest BCUT2D eigenvalue weighted by Crippen LogP contribution is -2.47. The summed E-state index contributed by atoms with van der Waals surface area (Å²) in [5.41, 5.74) is 2.36. The molecule has 30 heavy (non-hydrogen) atoms. The topological polar surface area (TPSA) is 60.5 Å². The molecule has 2 amide bonds. The number of nitrogens with zero attached hydrogens (tertiary/aromatic N) is 3. The Kier molecular flexibility index (Phi) is 7.07. The molecule has 0 bridgehead atoms. The monoisotopic (exact) mass is 427 g/mol. The number of carbonyl (C=O) groups is 1. The number of hydrogen-bond donors (Lipinski definition) is 2. The van der Waals surface area contributed by atoms with E-state index in [9.17, 15) is 4.79 Å². The van der Waals surface area contributed by atoms with Gasteiger partial charge in [0.05, 0.1) is 0 Å². The van der Waals surface area contributed by atoms with Gasteiger partial charge in [0.2, 0.25) is 0 Å². The van der Waals surface area contributed by atoms with Crippen molar-refractivity contribution in [2.75, 3.05) is 31.1 Å². The van der Waals surface area contributed by atoms with Crippen LogP contribution in [0, 0.1) is 0 Å². The number of likely N-dealkylation sites (tertiary alicyclic amines) is 1. The predicted molar refractivity (Wildman–Crippen MR) is 121 cm³/mol. The maximum absolute atomic E-state index is 12.4. The molecule has 0 spiro atoms. The number of pyridine rings is 1. The van der Waals surface area contributed by atoms with Crippen molar-refractivity contribution in [1.29, 1.82) is 0 Å². The van der Waals surface area contributed by atoms with Gasteiger partial charge >= 0.3 is 6.03 Å². The second-order valence-electron chi connectivity index (χ2n) is 8.22. The molecule has 0 radical (unpaired) electrons. The fourth-order valence-electron chi connectivity index (χ4n) is 4.19. The minimum Gasteiger partial charge on any atom is -0.357 e. The minimum absolute atomic E-state index is 0.0920. The fourth-order valence-corrected chi connectivity index (χ4v) is 4.32. The Hall–Kier alpha value is -2.31. The molecule has 0 saturated carbocycles. The van der Waals surface area contributed by atoms with Crippen LogP contribution in [0.1, 0.15) is 36.8 Å². The maximum atomic E-state index is 12.4. The van der Waals surface area contributed by atoms with Gasteiger partial charge in [-0.3, -0.25) is 4.90 Å².